The van der Waals surface area contributed by atoms with Crippen molar-refractivity contribution in [3.63, 3.8) is 0 Å². The van der Waals surface area contributed by atoms with Crippen molar-refractivity contribution in [1.82, 2.24) is 4.72 Å². The van der Waals surface area contributed by atoms with E-state index in [0.29, 0.717) is 4.47 Å². The van der Waals surface area contributed by atoms with Crippen LogP contribution in [0.5, 0.6) is 0 Å². The molecule has 5 nitrogen and oxygen atoms in total. The van der Waals surface area contributed by atoms with Crippen LogP contribution in [0.25, 0.3) is 0 Å². The molecule has 116 valence electrons. The Kier molecular flexibility index (Phi) is 4.46. The molecule has 0 aromatic heterocycles. The maximum atomic E-state index is 12.4. The summed E-state index contributed by atoms with van der Waals surface area (Å²) in [6.07, 6.45) is 2.76. The third-order valence-corrected chi connectivity index (χ3v) is 6.19. The Morgan fingerprint density at radius 1 is 1.43 bits per heavy atom. The van der Waals surface area contributed by atoms with Gasteiger partial charge in [-0.15, -0.1) is 0 Å². The van der Waals surface area contributed by atoms with Crippen molar-refractivity contribution < 1.29 is 18.3 Å². The Morgan fingerprint density at radius 3 is 2.62 bits per heavy atom. The second kappa shape index (κ2) is 5.70. The molecule has 0 spiro atoms. The highest BCUT2D eigenvalue weighted by Gasteiger charge is 2.37. The number of rotatable bonds is 4. The lowest BCUT2D eigenvalue weighted by Gasteiger charge is -2.27. The van der Waals surface area contributed by atoms with E-state index in [1.165, 1.54) is 18.2 Å². The number of nitrogens with one attached hydrogen (secondary N) is 1. The summed E-state index contributed by atoms with van der Waals surface area (Å²) in [6, 6.07) is 3.90. The van der Waals surface area contributed by atoms with E-state index in [2.05, 4.69) is 20.7 Å². The van der Waals surface area contributed by atoms with Gasteiger partial charge in [-0.2, -0.15) is 0 Å². The third-order valence-electron chi connectivity index (χ3n) is 4.03. The minimum absolute atomic E-state index is 0.0224. The van der Waals surface area contributed by atoms with Crippen LogP contribution in [-0.4, -0.2) is 25.5 Å². The first-order valence-corrected chi connectivity index (χ1v) is 8.96. The molecule has 1 fully saturated rings. The van der Waals surface area contributed by atoms with Crippen LogP contribution >= 0.6 is 15.9 Å². The minimum Gasteiger partial charge on any atom is -0.478 e. The second-order valence-electron chi connectivity index (χ2n) is 6.00. The van der Waals surface area contributed by atoms with Crippen molar-refractivity contribution in [2.45, 2.75) is 44.0 Å². The van der Waals surface area contributed by atoms with E-state index < -0.39 is 16.0 Å². The number of hydrogen-bond donors (Lipinski definition) is 2. The normalized spacial score (nSPS) is 21.4. The predicted molar refractivity (Wildman–Crippen MR) is 82.8 cm³/mol. The summed E-state index contributed by atoms with van der Waals surface area (Å²) >= 11 is 3.11. The van der Waals surface area contributed by atoms with E-state index in [1.54, 1.807) is 0 Å². The number of benzene rings is 1. The van der Waals surface area contributed by atoms with E-state index in [9.17, 15) is 13.2 Å². The molecule has 0 amide bonds. The monoisotopic (exact) mass is 375 g/mol. The predicted octanol–water partition coefficient (Wildman–Crippen LogP) is 3.00. The van der Waals surface area contributed by atoms with E-state index >= 15 is 0 Å². The molecule has 0 radical (unpaired) electrons. The maximum absolute atomic E-state index is 12.4. The van der Waals surface area contributed by atoms with Gasteiger partial charge < -0.3 is 5.11 Å². The molecule has 0 aliphatic heterocycles. The van der Waals surface area contributed by atoms with Crippen LogP contribution < -0.4 is 4.72 Å². The molecule has 0 bridgehead atoms. The zero-order valence-corrected chi connectivity index (χ0v) is 14.3. The van der Waals surface area contributed by atoms with Gasteiger partial charge in [-0.05, 0) is 52.4 Å². The van der Waals surface area contributed by atoms with Gasteiger partial charge in [0, 0.05) is 10.5 Å². The van der Waals surface area contributed by atoms with E-state index in [0.717, 1.165) is 19.3 Å². The summed E-state index contributed by atoms with van der Waals surface area (Å²) in [5, 5.41) is 9.08. The highest BCUT2D eigenvalue weighted by atomic mass is 79.9. The fourth-order valence-electron chi connectivity index (χ4n) is 2.64. The summed E-state index contributed by atoms with van der Waals surface area (Å²) in [6.45, 7) is 4.08. The molecule has 21 heavy (non-hydrogen) atoms. The Labute approximate surface area is 132 Å². The number of carbonyl (C=O) groups is 1. The topological polar surface area (TPSA) is 83.5 Å². The smallest absolute Gasteiger partial charge is 0.336 e. The maximum Gasteiger partial charge on any atom is 0.336 e. The average Bonchev–Trinajstić information content (AvgIpc) is 2.68. The van der Waals surface area contributed by atoms with E-state index in [-0.39, 0.29) is 21.9 Å². The lowest BCUT2D eigenvalue weighted by molar-refractivity contribution is 0.0695. The Morgan fingerprint density at radius 2 is 2.10 bits per heavy atom. The summed E-state index contributed by atoms with van der Waals surface area (Å²) in [4.78, 5) is 11.1. The molecule has 1 aliphatic carbocycles. The number of carboxylic acids is 1. The van der Waals surface area contributed by atoms with Gasteiger partial charge >= 0.3 is 5.97 Å². The first-order chi connectivity index (χ1) is 9.63. The van der Waals surface area contributed by atoms with Gasteiger partial charge in [-0.1, -0.05) is 20.3 Å². The van der Waals surface area contributed by atoms with Crippen molar-refractivity contribution in [1.29, 1.82) is 0 Å². The Hall–Kier alpha value is -0.920. The quantitative estimate of drug-likeness (QED) is 0.846. The SMILES string of the molecule is CC1(C)CCCC1NS(=O)(=O)c1ccc(Br)c(C(=O)O)c1. The first kappa shape index (κ1) is 16.5. The third kappa shape index (κ3) is 3.46. The molecule has 1 atom stereocenters. The van der Waals surface area contributed by atoms with Gasteiger partial charge in [0.25, 0.3) is 0 Å². The number of aromatic carboxylic acids is 1. The van der Waals surface area contributed by atoms with Crippen LogP contribution in [0.1, 0.15) is 43.5 Å². The van der Waals surface area contributed by atoms with E-state index in [1.807, 2.05) is 13.8 Å². The zero-order chi connectivity index (χ0) is 15.8. The fourth-order valence-corrected chi connectivity index (χ4v) is 4.52. The van der Waals surface area contributed by atoms with Gasteiger partial charge in [0.1, 0.15) is 0 Å². The summed E-state index contributed by atoms with van der Waals surface area (Å²) < 4.78 is 28.0. The molecule has 0 saturated heterocycles. The second-order valence-corrected chi connectivity index (χ2v) is 8.57. The van der Waals surface area contributed by atoms with Crippen LogP contribution in [0, 0.1) is 5.41 Å². The van der Waals surface area contributed by atoms with Crippen molar-refractivity contribution >= 4 is 31.9 Å². The van der Waals surface area contributed by atoms with Crippen molar-refractivity contribution in [2.24, 2.45) is 5.41 Å². The molecule has 1 aliphatic rings. The fraction of sp³-hybridized carbons (Fsp3) is 0.500. The highest BCUT2D eigenvalue weighted by molar-refractivity contribution is 9.10. The number of halogens is 1. The van der Waals surface area contributed by atoms with Crippen LogP contribution in [0.15, 0.2) is 27.6 Å². The minimum atomic E-state index is -3.72. The van der Waals surface area contributed by atoms with Gasteiger partial charge in [0.15, 0.2) is 0 Å². The molecular weight excluding hydrogens is 358 g/mol. The molecule has 7 heteroatoms. The van der Waals surface area contributed by atoms with Gasteiger partial charge in [-0.25, -0.2) is 17.9 Å². The largest absolute Gasteiger partial charge is 0.478 e. The lowest BCUT2D eigenvalue weighted by atomic mass is 9.88. The summed E-state index contributed by atoms with van der Waals surface area (Å²) in [5.41, 5.74) is -0.151. The molecule has 2 N–H and O–H groups in total. The highest BCUT2D eigenvalue weighted by Crippen LogP contribution is 2.38. The van der Waals surface area contributed by atoms with Crippen LogP contribution in [0.4, 0.5) is 0 Å². The van der Waals surface area contributed by atoms with Gasteiger partial charge in [0.05, 0.1) is 10.5 Å². The zero-order valence-electron chi connectivity index (χ0n) is 11.9. The first-order valence-electron chi connectivity index (χ1n) is 6.69. The molecule has 1 unspecified atom stereocenters. The van der Waals surface area contributed by atoms with Crippen LogP contribution in [-0.2, 0) is 10.0 Å². The van der Waals surface area contributed by atoms with Gasteiger partial charge in [0.2, 0.25) is 10.0 Å². The number of carboxylic acid groups (broad SMARTS) is 1. The number of hydrogen-bond acceptors (Lipinski definition) is 3. The Bertz CT molecular complexity index is 670. The van der Waals surface area contributed by atoms with Gasteiger partial charge in [-0.3, -0.25) is 0 Å². The molecular formula is C14H18BrNO4S. The van der Waals surface area contributed by atoms with Crippen molar-refractivity contribution in [3.8, 4) is 0 Å². The molecule has 1 saturated carbocycles. The Balaban J connectivity index is 2.32. The summed E-state index contributed by atoms with van der Waals surface area (Å²) in [5.74, 6) is -1.17. The summed E-state index contributed by atoms with van der Waals surface area (Å²) in [7, 11) is -3.72. The van der Waals surface area contributed by atoms with Crippen molar-refractivity contribution in [2.75, 3.05) is 0 Å². The molecule has 0 heterocycles. The van der Waals surface area contributed by atoms with Crippen molar-refractivity contribution in [3.05, 3.63) is 28.2 Å². The van der Waals surface area contributed by atoms with Crippen LogP contribution in [0.3, 0.4) is 0 Å². The number of sulfonamides is 1. The van der Waals surface area contributed by atoms with Crippen LogP contribution in [0.2, 0.25) is 0 Å². The lowest BCUT2D eigenvalue weighted by Crippen LogP contribution is -2.41. The average molecular weight is 376 g/mol. The molecule has 2 rings (SSSR count). The standard InChI is InChI=1S/C14H18BrNO4S/c1-14(2)7-3-4-12(14)16-21(19,20)9-5-6-11(15)10(8-9)13(17)18/h5-6,8,12,16H,3-4,7H2,1-2H3,(H,17,18). The molecule has 1 aromatic carbocycles. The molecule has 1 aromatic rings. The van der Waals surface area contributed by atoms with E-state index in [4.69, 9.17) is 5.11 Å².